The Balaban J connectivity index is 1.01. The van der Waals surface area contributed by atoms with E-state index >= 15 is 0 Å². The third-order valence-corrected chi connectivity index (χ3v) is 15.2. The van der Waals surface area contributed by atoms with E-state index in [4.69, 9.17) is 13.2 Å². The fraction of sp³-hybridized carbons (Fsp3) is 0.333. The molecule has 1 heteroatoms. The van der Waals surface area contributed by atoms with Crippen LogP contribution in [0.5, 0.6) is 0 Å². The number of benzene rings is 4. The Morgan fingerprint density at radius 3 is 2.23 bits per heavy atom. The molecule has 0 aromatic heterocycles. The summed E-state index contributed by atoms with van der Waals surface area (Å²) in [7, 11) is 2.05. The monoisotopic (exact) mass is 677 g/mol. The third kappa shape index (κ3) is 4.27. The summed E-state index contributed by atoms with van der Waals surface area (Å²) >= 11 is 0. The number of nitrogens with one attached hydrogen (secondary N) is 1. The number of hydrogen-bond acceptors (Lipinski definition) is 1. The first-order chi connectivity index (χ1) is 25.4. The van der Waals surface area contributed by atoms with Gasteiger partial charge in [0.1, 0.15) is 0 Å². The number of rotatable bonds is 9. The van der Waals surface area contributed by atoms with Crippen LogP contribution in [0.1, 0.15) is 90.8 Å². The third-order valence-electron chi connectivity index (χ3n) is 15.2. The van der Waals surface area contributed by atoms with Crippen LogP contribution in [0, 0.1) is 35.0 Å². The van der Waals surface area contributed by atoms with Crippen LogP contribution in [-0.4, -0.2) is 7.05 Å². The fourth-order valence-electron chi connectivity index (χ4n) is 13.0. The predicted molar refractivity (Wildman–Crippen MR) is 218 cm³/mol. The molecule has 0 heterocycles. The number of allylic oxidation sites excluding steroid dienone is 8. The summed E-state index contributed by atoms with van der Waals surface area (Å²) in [6.45, 7) is 14.9. The van der Waals surface area contributed by atoms with E-state index in [1.54, 1.807) is 22.3 Å². The Labute approximate surface area is 311 Å². The smallest absolute Gasteiger partial charge is 0.0273 e. The summed E-state index contributed by atoms with van der Waals surface area (Å²) in [5.41, 5.74) is 18.6. The summed E-state index contributed by atoms with van der Waals surface area (Å²) in [6.07, 6.45) is 12.2. The van der Waals surface area contributed by atoms with Gasteiger partial charge in [-0.2, -0.15) is 0 Å². The van der Waals surface area contributed by atoms with E-state index in [1.165, 1.54) is 59.1 Å². The Kier molecular flexibility index (Phi) is 7.29. The molecule has 52 heavy (non-hydrogen) atoms. The van der Waals surface area contributed by atoms with Crippen LogP contribution in [0.15, 0.2) is 140 Å². The minimum Gasteiger partial charge on any atom is -0.316 e. The molecule has 6 aliphatic rings. The maximum absolute atomic E-state index is 4.85. The van der Waals surface area contributed by atoms with Crippen molar-refractivity contribution in [1.29, 1.82) is 0 Å². The van der Waals surface area contributed by atoms with E-state index in [0.717, 1.165) is 53.3 Å². The molecule has 10 rings (SSSR count). The summed E-state index contributed by atoms with van der Waals surface area (Å²) in [6, 6.07) is 38.3. The second-order valence-corrected chi connectivity index (χ2v) is 17.1. The Hall–Kier alpha value is -4.46. The molecule has 0 saturated heterocycles. The summed E-state index contributed by atoms with van der Waals surface area (Å²) in [5.74, 6) is 4.13. The quantitative estimate of drug-likeness (QED) is 0.174. The fourth-order valence-corrected chi connectivity index (χ4v) is 13.0. The average molecular weight is 678 g/mol. The molecule has 2 bridgehead atoms. The van der Waals surface area contributed by atoms with E-state index < -0.39 is 0 Å². The molecule has 0 amide bonds. The summed E-state index contributed by atoms with van der Waals surface area (Å²) in [4.78, 5) is 0. The summed E-state index contributed by atoms with van der Waals surface area (Å²) < 4.78 is 0. The minimum absolute atomic E-state index is 0.0715. The van der Waals surface area contributed by atoms with Gasteiger partial charge in [-0.25, -0.2) is 0 Å². The van der Waals surface area contributed by atoms with E-state index in [2.05, 4.69) is 141 Å². The lowest BCUT2D eigenvalue weighted by Crippen LogP contribution is -2.65. The van der Waals surface area contributed by atoms with Gasteiger partial charge in [0.05, 0.1) is 0 Å². The molecule has 6 aliphatic carbocycles. The van der Waals surface area contributed by atoms with Crippen molar-refractivity contribution in [1.82, 2.24) is 5.32 Å². The number of hydrogen-bond donors (Lipinski definition) is 1. The van der Waals surface area contributed by atoms with Crippen LogP contribution >= 0.6 is 0 Å². The molecule has 4 fully saturated rings. The van der Waals surface area contributed by atoms with Crippen molar-refractivity contribution in [3.8, 4) is 0 Å². The average Bonchev–Trinajstić information content (AvgIpc) is 3.78. The second kappa shape index (κ2) is 11.8. The van der Waals surface area contributed by atoms with Crippen molar-refractivity contribution >= 4 is 22.3 Å². The van der Waals surface area contributed by atoms with Crippen molar-refractivity contribution in [2.45, 2.75) is 63.8 Å². The maximum atomic E-state index is 4.85. The lowest BCUT2D eigenvalue weighted by atomic mass is 9.34. The molecule has 0 aliphatic heterocycles. The van der Waals surface area contributed by atoms with E-state index in [-0.39, 0.29) is 11.3 Å². The molecular formula is C51H51N. The van der Waals surface area contributed by atoms with Crippen LogP contribution in [0.4, 0.5) is 0 Å². The first kappa shape index (κ1) is 32.2. The zero-order valence-electron chi connectivity index (χ0n) is 31.1. The van der Waals surface area contributed by atoms with Gasteiger partial charge in [-0.05, 0) is 148 Å². The van der Waals surface area contributed by atoms with Gasteiger partial charge in [0, 0.05) is 23.8 Å². The van der Waals surface area contributed by atoms with Gasteiger partial charge in [0.25, 0.3) is 0 Å². The van der Waals surface area contributed by atoms with Gasteiger partial charge in [0.2, 0.25) is 0 Å². The topological polar surface area (TPSA) is 12.0 Å². The van der Waals surface area contributed by atoms with Gasteiger partial charge in [-0.15, -0.1) is 0 Å². The van der Waals surface area contributed by atoms with Crippen LogP contribution in [0.2, 0.25) is 0 Å². The van der Waals surface area contributed by atoms with Crippen molar-refractivity contribution in [3.63, 3.8) is 0 Å². The van der Waals surface area contributed by atoms with Gasteiger partial charge in [-0.3, -0.25) is 0 Å². The van der Waals surface area contributed by atoms with Crippen molar-refractivity contribution in [3.05, 3.63) is 179 Å². The molecule has 0 radical (unpaired) electrons. The summed E-state index contributed by atoms with van der Waals surface area (Å²) in [5, 5.41) is 3.45. The van der Waals surface area contributed by atoms with Crippen LogP contribution in [-0.2, 0) is 12.0 Å². The molecule has 8 unspecified atom stereocenters. The van der Waals surface area contributed by atoms with Crippen LogP contribution < -0.4 is 5.32 Å². The zero-order chi connectivity index (χ0) is 35.4. The number of fused-ring (bicyclic) bond motifs is 7. The molecule has 1 N–H and O–H groups in total. The maximum Gasteiger partial charge on any atom is 0.0273 e. The Morgan fingerprint density at radius 2 is 1.50 bits per heavy atom. The van der Waals surface area contributed by atoms with Gasteiger partial charge < -0.3 is 5.32 Å². The largest absolute Gasteiger partial charge is 0.316 e. The Bertz CT molecular complexity index is 2230. The highest BCUT2D eigenvalue weighted by Gasteiger charge is 2.82. The lowest BCUT2D eigenvalue weighted by Gasteiger charge is -2.70. The molecule has 4 saturated carbocycles. The van der Waals surface area contributed by atoms with E-state index in [9.17, 15) is 0 Å². The highest BCUT2D eigenvalue weighted by atomic mass is 14.9. The second-order valence-electron chi connectivity index (χ2n) is 17.1. The normalized spacial score (nSPS) is 30.9. The van der Waals surface area contributed by atoms with Crippen LogP contribution in [0.3, 0.4) is 0 Å². The minimum atomic E-state index is 0.0715. The molecular weight excluding hydrogens is 627 g/mol. The highest BCUT2D eigenvalue weighted by molar-refractivity contribution is 5.92. The van der Waals surface area contributed by atoms with Crippen molar-refractivity contribution in [2.75, 3.05) is 7.05 Å². The van der Waals surface area contributed by atoms with Gasteiger partial charge >= 0.3 is 0 Å². The van der Waals surface area contributed by atoms with Gasteiger partial charge in [0.15, 0.2) is 0 Å². The van der Waals surface area contributed by atoms with Crippen molar-refractivity contribution < 1.29 is 0 Å². The molecule has 8 atom stereocenters. The first-order valence-corrected chi connectivity index (χ1v) is 19.9. The first-order valence-electron chi connectivity index (χ1n) is 19.9. The van der Waals surface area contributed by atoms with Gasteiger partial charge in [-0.1, -0.05) is 135 Å². The van der Waals surface area contributed by atoms with E-state index in [0.29, 0.717) is 11.3 Å². The molecule has 2 spiro atoms. The van der Waals surface area contributed by atoms with E-state index in [1.807, 2.05) is 0 Å². The Morgan fingerprint density at radius 1 is 0.808 bits per heavy atom. The SMILES string of the molecule is C=C(/C(=C(\C)c1ccccc1)C(C)C(=C)c1cc(CNC)cc(C2C=CC3=C(C2)c2ccccc2C32C3CC4CC5CC2C45C3)c1)c1ccccc1. The standard InChI is InChI=1S/C51H51N/c1-31(32(2)49(33(3)36-14-8-6-9-15-36)34(4)37-16-10-7-11-17-37)39-22-35(30-52-5)23-40(24-39)38-20-21-47-45(25-38)44-18-12-13-19-46(44)51(47)43-27-41-26-42-28-48(51)50(41,42)29-43/h6-24,32,38,41-43,48,52H,1,3,25-30H2,2,4-5H3/b49-34+. The zero-order valence-corrected chi connectivity index (χ0v) is 31.1. The molecule has 4 aromatic carbocycles. The van der Waals surface area contributed by atoms with Crippen molar-refractivity contribution in [2.24, 2.45) is 35.0 Å². The molecule has 260 valence electrons. The predicted octanol–water partition coefficient (Wildman–Crippen LogP) is 12.1. The van der Waals surface area contributed by atoms with Crippen LogP contribution in [0.25, 0.3) is 22.3 Å². The molecule has 4 aromatic rings. The lowest BCUT2D eigenvalue weighted by molar-refractivity contribution is -0.193. The highest BCUT2D eigenvalue weighted by Crippen LogP contribution is 2.88. The molecule has 1 nitrogen and oxygen atoms in total.